The van der Waals surface area contributed by atoms with Crippen LogP contribution in [0.5, 0.6) is 0 Å². The van der Waals surface area contributed by atoms with Gasteiger partial charge in [0.25, 0.3) is 0 Å². The third-order valence-electron chi connectivity index (χ3n) is 2.65. The summed E-state index contributed by atoms with van der Waals surface area (Å²) in [5.41, 5.74) is 5.62. The second kappa shape index (κ2) is 8.32. The predicted octanol–water partition coefficient (Wildman–Crippen LogP) is 4.49. The molecule has 1 aliphatic rings. The van der Waals surface area contributed by atoms with Crippen molar-refractivity contribution in [2.75, 3.05) is 0 Å². The first kappa shape index (κ1) is 15.2. The molecule has 0 aliphatic heterocycles. The quantitative estimate of drug-likeness (QED) is 0.680. The van der Waals surface area contributed by atoms with E-state index in [1.165, 1.54) is 36.2 Å². The third kappa shape index (κ3) is 3.62. The molecular weight excluding hydrogens is 194 g/mol. The summed E-state index contributed by atoms with van der Waals surface area (Å²) in [5, 5.41) is 0. The Balaban J connectivity index is 0.000000509. The van der Waals surface area contributed by atoms with Crippen LogP contribution in [-0.4, -0.2) is 4.98 Å². The van der Waals surface area contributed by atoms with E-state index in [0.717, 1.165) is 6.42 Å². The van der Waals surface area contributed by atoms with Crippen molar-refractivity contribution in [2.24, 2.45) is 0 Å². The Hall–Kier alpha value is -0.850. The van der Waals surface area contributed by atoms with E-state index in [2.05, 4.69) is 24.9 Å². The van der Waals surface area contributed by atoms with Gasteiger partial charge >= 0.3 is 0 Å². The summed E-state index contributed by atoms with van der Waals surface area (Å²) in [6, 6.07) is 2.24. The van der Waals surface area contributed by atoms with Gasteiger partial charge in [-0.1, -0.05) is 34.6 Å². The van der Waals surface area contributed by atoms with E-state index in [1.807, 2.05) is 27.7 Å². The first-order valence-electron chi connectivity index (χ1n) is 6.79. The fourth-order valence-corrected chi connectivity index (χ4v) is 2.10. The largest absolute Gasteiger partial charge is 0.258 e. The fraction of sp³-hybridized carbons (Fsp3) is 0.667. The van der Waals surface area contributed by atoms with Crippen molar-refractivity contribution in [3.8, 4) is 0 Å². The van der Waals surface area contributed by atoms with Crippen molar-refractivity contribution in [3.05, 3.63) is 28.6 Å². The molecule has 0 atom stereocenters. The SMILES string of the molecule is CC.CC.CCc1cc(C)nc2c1CCC2. The summed E-state index contributed by atoms with van der Waals surface area (Å²) >= 11 is 0. The van der Waals surface area contributed by atoms with Crippen molar-refractivity contribution < 1.29 is 0 Å². The Morgan fingerprint density at radius 1 is 1.12 bits per heavy atom. The highest BCUT2D eigenvalue weighted by molar-refractivity contribution is 5.35. The van der Waals surface area contributed by atoms with Crippen LogP contribution in [0.2, 0.25) is 0 Å². The van der Waals surface area contributed by atoms with Crippen molar-refractivity contribution >= 4 is 0 Å². The van der Waals surface area contributed by atoms with E-state index in [4.69, 9.17) is 0 Å². The predicted molar refractivity (Wildman–Crippen MR) is 73.1 cm³/mol. The molecule has 1 aromatic rings. The Bertz CT molecular complexity index is 303. The number of rotatable bonds is 1. The van der Waals surface area contributed by atoms with Gasteiger partial charge in [-0.3, -0.25) is 4.98 Å². The summed E-state index contributed by atoms with van der Waals surface area (Å²) in [6.45, 7) is 12.3. The molecule has 0 saturated carbocycles. The molecule has 0 fully saturated rings. The van der Waals surface area contributed by atoms with Gasteiger partial charge in [-0.15, -0.1) is 0 Å². The average Bonchev–Trinajstić information content (AvgIpc) is 2.81. The van der Waals surface area contributed by atoms with E-state index in [9.17, 15) is 0 Å². The lowest BCUT2D eigenvalue weighted by atomic mass is 10.0. The molecule has 2 rings (SSSR count). The van der Waals surface area contributed by atoms with Gasteiger partial charge in [0.1, 0.15) is 0 Å². The highest BCUT2D eigenvalue weighted by Crippen LogP contribution is 2.24. The number of fused-ring (bicyclic) bond motifs is 1. The smallest absolute Gasteiger partial charge is 0.0441 e. The van der Waals surface area contributed by atoms with Crippen LogP contribution >= 0.6 is 0 Å². The van der Waals surface area contributed by atoms with E-state index in [0.29, 0.717) is 0 Å². The van der Waals surface area contributed by atoms with E-state index >= 15 is 0 Å². The Morgan fingerprint density at radius 2 is 1.75 bits per heavy atom. The van der Waals surface area contributed by atoms with E-state index in [-0.39, 0.29) is 0 Å². The van der Waals surface area contributed by atoms with Crippen molar-refractivity contribution in [2.45, 2.75) is 67.2 Å². The van der Waals surface area contributed by atoms with Gasteiger partial charge < -0.3 is 0 Å². The summed E-state index contributed by atoms with van der Waals surface area (Å²) in [7, 11) is 0. The number of pyridine rings is 1. The van der Waals surface area contributed by atoms with E-state index in [1.54, 1.807) is 5.56 Å². The summed E-state index contributed by atoms with van der Waals surface area (Å²) in [4.78, 5) is 4.56. The van der Waals surface area contributed by atoms with Crippen LogP contribution in [0.1, 0.15) is 63.6 Å². The molecule has 0 bridgehead atoms. The molecule has 1 aromatic heterocycles. The molecule has 0 amide bonds. The molecule has 1 heterocycles. The lowest BCUT2D eigenvalue weighted by Gasteiger charge is -2.06. The molecule has 0 unspecified atom stereocenters. The summed E-state index contributed by atoms with van der Waals surface area (Å²) in [6.07, 6.45) is 4.92. The average molecular weight is 221 g/mol. The van der Waals surface area contributed by atoms with Crippen LogP contribution < -0.4 is 0 Å². The lowest BCUT2D eigenvalue weighted by molar-refractivity contribution is 0.895. The zero-order chi connectivity index (χ0) is 12.6. The normalized spacial score (nSPS) is 11.9. The minimum absolute atomic E-state index is 1.16. The van der Waals surface area contributed by atoms with Crippen LogP contribution in [0.3, 0.4) is 0 Å². The minimum Gasteiger partial charge on any atom is -0.258 e. The van der Waals surface area contributed by atoms with Crippen LogP contribution in [-0.2, 0) is 19.3 Å². The maximum atomic E-state index is 4.56. The van der Waals surface area contributed by atoms with E-state index < -0.39 is 0 Å². The Morgan fingerprint density at radius 3 is 2.31 bits per heavy atom. The van der Waals surface area contributed by atoms with Gasteiger partial charge in [0.15, 0.2) is 0 Å². The van der Waals surface area contributed by atoms with Crippen LogP contribution in [0.15, 0.2) is 6.07 Å². The maximum Gasteiger partial charge on any atom is 0.0441 e. The molecule has 1 heteroatoms. The van der Waals surface area contributed by atoms with Gasteiger partial charge in [-0.05, 0) is 49.8 Å². The summed E-state index contributed by atoms with van der Waals surface area (Å²) < 4.78 is 0. The van der Waals surface area contributed by atoms with Gasteiger partial charge in [0.05, 0.1) is 0 Å². The molecule has 1 aliphatic carbocycles. The van der Waals surface area contributed by atoms with Crippen LogP contribution in [0, 0.1) is 6.92 Å². The number of aryl methyl sites for hydroxylation is 3. The number of hydrogen-bond donors (Lipinski definition) is 0. The fourth-order valence-electron chi connectivity index (χ4n) is 2.10. The molecule has 0 N–H and O–H groups in total. The minimum atomic E-state index is 1.16. The molecule has 0 radical (unpaired) electrons. The number of aromatic nitrogens is 1. The molecule has 16 heavy (non-hydrogen) atoms. The number of hydrogen-bond acceptors (Lipinski definition) is 1. The first-order valence-corrected chi connectivity index (χ1v) is 6.79. The second-order valence-corrected chi connectivity index (χ2v) is 3.56. The second-order valence-electron chi connectivity index (χ2n) is 3.56. The highest BCUT2D eigenvalue weighted by Gasteiger charge is 2.15. The molecule has 1 nitrogen and oxygen atoms in total. The monoisotopic (exact) mass is 221 g/mol. The van der Waals surface area contributed by atoms with Crippen molar-refractivity contribution in [1.29, 1.82) is 0 Å². The molecular formula is C15H27N. The zero-order valence-electron chi connectivity index (χ0n) is 11.9. The highest BCUT2D eigenvalue weighted by atomic mass is 14.7. The van der Waals surface area contributed by atoms with Gasteiger partial charge in [0.2, 0.25) is 0 Å². The van der Waals surface area contributed by atoms with Crippen LogP contribution in [0.25, 0.3) is 0 Å². The first-order chi connectivity index (χ1) is 7.81. The molecule has 0 spiro atoms. The summed E-state index contributed by atoms with van der Waals surface area (Å²) in [5.74, 6) is 0. The Kier molecular flexibility index (Phi) is 7.88. The van der Waals surface area contributed by atoms with Gasteiger partial charge in [-0.2, -0.15) is 0 Å². The van der Waals surface area contributed by atoms with Crippen molar-refractivity contribution in [1.82, 2.24) is 4.98 Å². The number of nitrogens with zero attached hydrogens (tertiary/aromatic N) is 1. The van der Waals surface area contributed by atoms with Gasteiger partial charge in [-0.25, -0.2) is 0 Å². The third-order valence-corrected chi connectivity index (χ3v) is 2.65. The lowest BCUT2D eigenvalue weighted by Crippen LogP contribution is -1.96. The maximum absolute atomic E-state index is 4.56. The topological polar surface area (TPSA) is 12.9 Å². The van der Waals surface area contributed by atoms with Gasteiger partial charge in [0, 0.05) is 11.4 Å². The molecule has 0 aromatic carbocycles. The van der Waals surface area contributed by atoms with Crippen LogP contribution in [0.4, 0.5) is 0 Å². The Labute approximate surface area is 101 Å². The molecule has 0 saturated heterocycles. The van der Waals surface area contributed by atoms with Crippen molar-refractivity contribution in [3.63, 3.8) is 0 Å². The zero-order valence-corrected chi connectivity index (χ0v) is 11.9. The molecule has 92 valence electrons. The standard InChI is InChI=1S/C11H15N.2C2H6/c1-3-9-7-8(2)12-11-6-4-5-10(9)11;2*1-2/h7H,3-6H2,1-2H3;2*1-2H3.